The molecule has 0 saturated carbocycles. The second kappa shape index (κ2) is 7.67. The maximum Gasteiger partial charge on any atom is 0.332 e. The number of aryl methyl sites for hydroxylation is 2. The van der Waals surface area contributed by atoms with Crippen molar-refractivity contribution in [3.8, 4) is 0 Å². The minimum atomic E-state index is -0.406. The van der Waals surface area contributed by atoms with E-state index in [9.17, 15) is 9.59 Å². The van der Waals surface area contributed by atoms with E-state index >= 15 is 0 Å². The van der Waals surface area contributed by atoms with Crippen molar-refractivity contribution >= 4 is 33.0 Å². The van der Waals surface area contributed by atoms with Crippen LogP contribution in [0, 0.1) is 0 Å². The average molecular weight is 455 g/mol. The van der Waals surface area contributed by atoms with Gasteiger partial charge in [0.05, 0.1) is 18.8 Å². The second-order valence-corrected chi connectivity index (χ2v) is 7.62. The van der Waals surface area contributed by atoms with Crippen molar-refractivity contribution in [2.45, 2.75) is 13.1 Å². The lowest BCUT2D eigenvalue weighted by atomic mass is 10.2. The van der Waals surface area contributed by atoms with Crippen LogP contribution in [0.1, 0.15) is 11.3 Å². The van der Waals surface area contributed by atoms with Crippen molar-refractivity contribution in [3.63, 3.8) is 0 Å². The van der Waals surface area contributed by atoms with Gasteiger partial charge in [0, 0.05) is 24.8 Å². The number of imidazole rings is 1. The highest BCUT2D eigenvalue weighted by atomic mass is 79.9. The summed E-state index contributed by atoms with van der Waals surface area (Å²) in [6.07, 6.45) is 1.72. The van der Waals surface area contributed by atoms with Gasteiger partial charge in [-0.25, -0.2) is 4.79 Å². The molecule has 0 atom stereocenters. The molecule has 0 aliphatic carbocycles. The fourth-order valence-corrected chi connectivity index (χ4v) is 3.68. The topological polar surface area (TPSA) is 86.7 Å². The summed E-state index contributed by atoms with van der Waals surface area (Å²) in [4.78, 5) is 34.7. The highest BCUT2D eigenvalue weighted by Crippen LogP contribution is 2.15. The van der Waals surface area contributed by atoms with Crippen molar-refractivity contribution < 1.29 is 0 Å². The van der Waals surface area contributed by atoms with E-state index in [1.807, 2.05) is 42.5 Å². The van der Waals surface area contributed by atoms with Gasteiger partial charge in [-0.05, 0) is 29.8 Å². The molecule has 0 bridgehead atoms. The molecule has 29 heavy (non-hydrogen) atoms. The van der Waals surface area contributed by atoms with E-state index in [0.717, 1.165) is 15.7 Å². The Morgan fingerprint density at radius 1 is 1.07 bits per heavy atom. The van der Waals surface area contributed by atoms with Gasteiger partial charge in [0.1, 0.15) is 0 Å². The number of hydrogen-bond acceptors (Lipinski definition) is 5. The number of anilines is 1. The number of pyridine rings is 1. The van der Waals surface area contributed by atoms with Crippen molar-refractivity contribution in [2.24, 2.45) is 14.1 Å². The van der Waals surface area contributed by atoms with E-state index in [4.69, 9.17) is 0 Å². The Bertz CT molecular complexity index is 1310. The maximum atomic E-state index is 13.1. The molecule has 1 aromatic carbocycles. The highest BCUT2D eigenvalue weighted by molar-refractivity contribution is 9.10. The Labute approximate surface area is 174 Å². The number of nitrogens with zero attached hydrogens (tertiary/aromatic N) is 5. The minimum Gasteiger partial charge on any atom is -0.350 e. The highest BCUT2D eigenvalue weighted by Gasteiger charge is 2.18. The Hall–Kier alpha value is -3.20. The van der Waals surface area contributed by atoms with Gasteiger partial charge in [0.15, 0.2) is 11.2 Å². The zero-order valence-electron chi connectivity index (χ0n) is 16.0. The van der Waals surface area contributed by atoms with Crippen LogP contribution in [-0.2, 0) is 27.2 Å². The summed E-state index contributed by atoms with van der Waals surface area (Å²) in [6, 6.07) is 13.2. The predicted octanol–water partition coefficient (Wildman–Crippen LogP) is 2.25. The third-order valence-corrected chi connectivity index (χ3v) is 5.24. The molecule has 1 N–H and O–H groups in total. The smallest absolute Gasteiger partial charge is 0.332 e. The van der Waals surface area contributed by atoms with Gasteiger partial charge >= 0.3 is 5.69 Å². The number of aromatic nitrogens is 5. The zero-order chi connectivity index (χ0) is 20.5. The molecule has 4 aromatic rings. The molecule has 0 spiro atoms. The predicted molar refractivity (Wildman–Crippen MR) is 115 cm³/mol. The number of halogens is 1. The minimum absolute atomic E-state index is 0.183. The van der Waals surface area contributed by atoms with Gasteiger partial charge in [0.2, 0.25) is 5.95 Å². The number of fused-ring (bicyclic) bond motifs is 1. The second-order valence-electron chi connectivity index (χ2n) is 6.70. The molecular formula is C20H19BrN6O2. The Balaban J connectivity index is 1.77. The fourth-order valence-electron chi connectivity index (χ4n) is 3.23. The molecule has 148 valence electrons. The Morgan fingerprint density at radius 2 is 1.90 bits per heavy atom. The molecule has 8 nitrogen and oxygen atoms in total. The van der Waals surface area contributed by atoms with Crippen LogP contribution in [-0.4, -0.2) is 23.7 Å². The van der Waals surface area contributed by atoms with Crippen LogP contribution in [0.2, 0.25) is 0 Å². The largest absolute Gasteiger partial charge is 0.350 e. The summed E-state index contributed by atoms with van der Waals surface area (Å²) >= 11 is 3.42. The first-order valence-electron chi connectivity index (χ1n) is 9.00. The van der Waals surface area contributed by atoms with Crippen LogP contribution in [0.4, 0.5) is 5.95 Å². The monoisotopic (exact) mass is 454 g/mol. The van der Waals surface area contributed by atoms with E-state index in [1.165, 1.54) is 9.13 Å². The Morgan fingerprint density at radius 3 is 2.62 bits per heavy atom. The molecule has 0 radical (unpaired) electrons. The fraction of sp³-hybridized carbons (Fsp3) is 0.200. The zero-order valence-corrected chi connectivity index (χ0v) is 17.5. The van der Waals surface area contributed by atoms with Crippen LogP contribution in [0.5, 0.6) is 0 Å². The van der Waals surface area contributed by atoms with Crippen LogP contribution in [0.3, 0.4) is 0 Å². The SMILES string of the molecule is Cn1c(NCc2ccccn2)nc2c1c(=O)n(Cc1cccc(Br)c1)c(=O)n2C. The lowest BCUT2D eigenvalue weighted by molar-refractivity contribution is 0.655. The lowest BCUT2D eigenvalue weighted by Crippen LogP contribution is -2.39. The molecule has 4 rings (SSSR count). The van der Waals surface area contributed by atoms with Gasteiger partial charge in [0.25, 0.3) is 5.56 Å². The normalized spacial score (nSPS) is 11.1. The summed E-state index contributed by atoms with van der Waals surface area (Å²) in [5.41, 5.74) is 1.64. The molecule has 9 heteroatoms. The van der Waals surface area contributed by atoms with Crippen LogP contribution in [0.25, 0.3) is 11.2 Å². The summed E-state index contributed by atoms with van der Waals surface area (Å²) in [7, 11) is 3.38. The van der Waals surface area contributed by atoms with Gasteiger partial charge < -0.3 is 9.88 Å². The maximum absolute atomic E-state index is 13.1. The summed E-state index contributed by atoms with van der Waals surface area (Å²) in [5, 5.41) is 3.19. The van der Waals surface area contributed by atoms with Crippen LogP contribution >= 0.6 is 15.9 Å². The molecule has 0 amide bonds. The standard InChI is InChI=1S/C20H19BrN6O2/c1-25-16-17(24-19(25)23-11-15-8-3-4-9-22-15)26(2)20(29)27(18(16)28)12-13-6-5-7-14(21)10-13/h3-10H,11-12H2,1-2H3,(H,23,24). The molecule has 0 fully saturated rings. The van der Waals surface area contributed by atoms with Crippen LogP contribution in [0.15, 0.2) is 62.7 Å². The number of nitrogens with one attached hydrogen (secondary N) is 1. The van der Waals surface area contributed by atoms with Crippen molar-refractivity contribution in [1.82, 2.24) is 23.7 Å². The van der Waals surface area contributed by atoms with Gasteiger partial charge in [-0.15, -0.1) is 0 Å². The summed E-state index contributed by atoms with van der Waals surface area (Å²) in [6.45, 7) is 0.640. The first kappa shape index (κ1) is 19.1. The van der Waals surface area contributed by atoms with E-state index < -0.39 is 5.69 Å². The molecule has 0 unspecified atom stereocenters. The first-order chi connectivity index (χ1) is 14.0. The molecule has 3 aromatic heterocycles. The third-order valence-electron chi connectivity index (χ3n) is 4.74. The van der Waals surface area contributed by atoms with Crippen LogP contribution < -0.4 is 16.6 Å². The van der Waals surface area contributed by atoms with Gasteiger partial charge in [-0.2, -0.15) is 4.98 Å². The average Bonchev–Trinajstić information content (AvgIpc) is 3.05. The van der Waals surface area contributed by atoms with Gasteiger partial charge in [-0.3, -0.25) is 18.9 Å². The quantitative estimate of drug-likeness (QED) is 0.499. The van der Waals surface area contributed by atoms with Gasteiger partial charge in [-0.1, -0.05) is 34.1 Å². The van der Waals surface area contributed by atoms with E-state index in [2.05, 4.69) is 31.2 Å². The summed E-state index contributed by atoms with van der Waals surface area (Å²) in [5.74, 6) is 0.498. The number of rotatable bonds is 5. The molecule has 0 aliphatic rings. The van der Waals surface area contributed by atoms with E-state index in [-0.39, 0.29) is 12.1 Å². The van der Waals surface area contributed by atoms with E-state index in [1.54, 1.807) is 24.9 Å². The number of benzene rings is 1. The Kier molecular flexibility index (Phi) is 5.06. The summed E-state index contributed by atoms with van der Waals surface area (Å²) < 4.78 is 5.20. The molecular weight excluding hydrogens is 436 g/mol. The molecule has 0 saturated heterocycles. The number of hydrogen-bond donors (Lipinski definition) is 1. The molecule has 3 heterocycles. The molecule has 0 aliphatic heterocycles. The van der Waals surface area contributed by atoms with E-state index in [0.29, 0.717) is 23.7 Å². The first-order valence-corrected chi connectivity index (χ1v) is 9.79. The van der Waals surface area contributed by atoms with Crippen molar-refractivity contribution in [1.29, 1.82) is 0 Å². The lowest BCUT2D eigenvalue weighted by Gasteiger charge is -2.09. The van der Waals surface area contributed by atoms with Crippen molar-refractivity contribution in [2.75, 3.05) is 5.32 Å². The third kappa shape index (κ3) is 3.61. The van der Waals surface area contributed by atoms with Crippen molar-refractivity contribution in [3.05, 3.63) is 85.2 Å².